The molecule has 0 heterocycles. The predicted molar refractivity (Wildman–Crippen MR) is 129 cm³/mol. The highest BCUT2D eigenvalue weighted by molar-refractivity contribution is 7.92. The smallest absolute Gasteiger partial charge is 0.264 e. The maximum atomic E-state index is 13.5. The molecule has 0 fully saturated rings. The van der Waals surface area contributed by atoms with Crippen LogP contribution in [0.4, 0.5) is 5.69 Å². The van der Waals surface area contributed by atoms with Crippen LogP contribution in [0.25, 0.3) is 0 Å². The molecular formula is C24H31N3O3S. The second-order valence-corrected chi connectivity index (χ2v) is 9.58. The van der Waals surface area contributed by atoms with Crippen molar-refractivity contribution >= 4 is 28.3 Å². The first-order chi connectivity index (χ1) is 14.7. The second kappa shape index (κ2) is 10.9. The molecule has 31 heavy (non-hydrogen) atoms. The van der Waals surface area contributed by atoms with Crippen molar-refractivity contribution in [1.82, 2.24) is 0 Å². The van der Waals surface area contributed by atoms with E-state index in [9.17, 15) is 8.42 Å². The first-order valence-electron chi connectivity index (χ1n) is 10.1. The van der Waals surface area contributed by atoms with Crippen molar-refractivity contribution in [1.29, 1.82) is 0 Å². The fourth-order valence-electron chi connectivity index (χ4n) is 3.09. The molecule has 0 saturated carbocycles. The lowest BCUT2D eigenvalue weighted by Crippen LogP contribution is -2.34. The van der Waals surface area contributed by atoms with Crippen molar-refractivity contribution < 1.29 is 13.2 Å². The maximum absolute atomic E-state index is 13.5. The van der Waals surface area contributed by atoms with E-state index in [2.05, 4.69) is 16.7 Å². The van der Waals surface area contributed by atoms with E-state index < -0.39 is 10.0 Å². The molecule has 0 aliphatic heterocycles. The molecule has 2 aromatic rings. The van der Waals surface area contributed by atoms with Crippen molar-refractivity contribution in [2.45, 2.75) is 39.2 Å². The van der Waals surface area contributed by atoms with Gasteiger partial charge in [-0.2, -0.15) is 0 Å². The Kier molecular flexibility index (Phi) is 8.56. The summed E-state index contributed by atoms with van der Waals surface area (Å²) >= 11 is 0. The van der Waals surface area contributed by atoms with Gasteiger partial charge in [0.2, 0.25) is 5.90 Å². The van der Waals surface area contributed by atoms with E-state index in [0.29, 0.717) is 18.1 Å². The molecule has 0 unspecified atom stereocenters. The lowest BCUT2D eigenvalue weighted by Gasteiger charge is -2.28. The summed E-state index contributed by atoms with van der Waals surface area (Å²) in [6.07, 6.45) is 3.11. The average Bonchev–Trinajstić information content (AvgIpc) is 2.73. The molecule has 0 spiro atoms. The van der Waals surface area contributed by atoms with Gasteiger partial charge in [-0.05, 0) is 55.8 Å². The van der Waals surface area contributed by atoms with Crippen LogP contribution in [0.3, 0.4) is 0 Å². The van der Waals surface area contributed by atoms with E-state index in [0.717, 1.165) is 16.7 Å². The Labute approximate surface area is 186 Å². The summed E-state index contributed by atoms with van der Waals surface area (Å²) < 4.78 is 34.1. The third-order valence-electron chi connectivity index (χ3n) is 4.59. The van der Waals surface area contributed by atoms with E-state index in [4.69, 9.17) is 4.74 Å². The summed E-state index contributed by atoms with van der Waals surface area (Å²) in [4.78, 5) is 7.89. The molecule has 0 bridgehead atoms. The SMILES string of the molecule is C=N/C=C\C(=NC)OCc1ccc(S(=O)(=O)N(CC(C)C)c2ccc(C)cc2C)cc1. The summed E-state index contributed by atoms with van der Waals surface area (Å²) in [5, 5.41) is 0. The largest absolute Gasteiger partial charge is 0.473 e. The third kappa shape index (κ3) is 6.52. The number of ether oxygens (including phenoxy) is 1. The number of benzene rings is 2. The molecule has 6 nitrogen and oxygen atoms in total. The van der Waals surface area contributed by atoms with Gasteiger partial charge in [0.1, 0.15) is 6.61 Å². The van der Waals surface area contributed by atoms with Crippen LogP contribution in [-0.4, -0.2) is 34.6 Å². The van der Waals surface area contributed by atoms with Crippen molar-refractivity contribution in [2.24, 2.45) is 15.9 Å². The Hall–Kier alpha value is -2.93. The normalized spacial score (nSPS) is 12.4. The number of nitrogens with zero attached hydrogens (tertiary/aromatic N) is 3. The van der Waals surface area contributed by atoms with Gasteiger partial charge in [0.25, 0.3) is 10.0 Å². The molecule has 0 saturated heterocycles. The van der Waals surface area contributed by atoms with Crippen molar-refractivity contribution in [3.8, 4) is 0 Å². The van der Waals surface area contributed by atoms with Crippen LogP contribution >= 0.6 is 0 Å². The van der Waals surface area contributed by atoms with Crippen LogP contribution in [-0.2, 0) is 21.4 Å². The zero-order valence-electron chi connectivity index (χ0n) is 18.9. The van der Waals surface area contributed by atoms with Gasteiger partial charge in [0, 0.05) is 25.9 Å². The Morgan fingerprint density at radius 1 is 1.16 bits per heavy atom. The van der Waals surface area contributed by atoms with Crippen LogP contribution in [0.2, 0.25) is 0 Å². The number of hydrogen-bond acceptors (Lipinski definition) is 5. The summed E-state index contributed by atoms with van der Waals surface area (Å²) in [5.41, 5.74) is 3.57. The molecule has 0 atom stereocenters. The van der Waals surface area contributed by atoms with Crippen molar-refractivity contribution in [2.75, 3.05) is 17.9 Å². The number of sulfonamides is 1. The van der Waals surface area contributed by atoms with Crippen LogP contribution < -0.4 is 4.31 Å². The third-order valence-corrected chi connectivity index (χ3v) is 6.39. The van der Waals surface area contributed by atoms with E-state index in [-0.39, 0.29) is 17.4 Å². The van der Waals surface area contributed by atoms with E-state index >= 15 is 0 Å². The molecule has 0 aliphatic rings. The minimum Gasteiger partial charge on any atom is -0.473 e. The van der Waals surface area contributed by atoms with E-state index in [1.807, 2.05) is 45.9 Å². The van der Waals surface area contributed by atoms with Gasteiger partial charge in [-0.15, -0.1) is 0 Å². The number of aliphatic imine (C=N–C) groups is 2. The highest BCUT2D eigenvalue weighted by Gasteiger charge is 2.26. The summed E-state index contributed by atoms with van der Waals surface area (Å²) in [6, 6.07) is 12.6. The van der Waals surface area contributed by atoms with Crippen LogP contribution in [0, 0.1) is 19.8 Å². The zero-order chi connectivity index (χ0) is 23.0. The molecule has 2 rings (SSSR count). The Morgan fingerprint density at radius 2 is 1.84 bits per heavy atom. The number of anilines is 1. The minimum atomic E-state index is -3.71. The molecular weight excluding hydrogens is 410 g/mol. The average molecular weight is 442 g/mol. The van der Waals surface area contributed by atoms with Gasteiger partial charge in [0.15, 0.2) is 0 Å². The first kappa shape index (κ1) is 24.3. The second-order valence-electron chi connectivity index (χ2n) is 7.71. The fourth-order valence-corrected chi connectivity index (χ4v) is 4.78. The van der Waals surface area contributed by atoms with Crippen molar-refractivity contribution in [3.63, 3.8) is 0 Å². The van der Waals surface area contributed by atoms with Crippen molar-refractivity contribution in [3.05, 3.63) is 71.4 Å². The predicted octanol–water partition coefficient (Wildman–Crippen LogP) is 4.91. The summed E-state index contributed by atoms with van der Waals surface area (Å²) in [7, 11) is -2.09. The highest BCUT2D eigenvalue weighted by Crippen LogP contribution is 2.28. The molecule has 0 amide bonds. The molecule has 2 aromatic carbocycles. The van der Waals surface area contributed by atoms with Crippen LogP contribution in [0.1, 0.15) is 30.5 Å². The van der Waals surface area contributed by atoms with E-state index in [1.54, 1.807) is 37.4 Å². The van der Waals surface area contributed by atoms with E-state index in [1.165, 1.54) is 10.5 Å². The van der Waals surface area contributed by atoms with Gasteiger partial charge in [-0.25, -0.2) is 8.42 Å². The molecule has 0 aromatic heterocycles. The van der Waals surface area contributed by atoms with Gasteiger partial charge >= 0.3 is 0 Å². The monoisotopic (exact) mass is 441 g/mol. The Balaban J connectivity index is 2.29. The molecule has 7 heteroatoms. The lowest BCUT2D eigenvalue weighted by molar-refractivity contribution is 0.294. The lowest BCUT2D eigenvalue weighted by atomic mass is 10.1. The van der Waals surface area contributed by atoms with Crippen LogP contribution in [0.5, 0.6) is 0 Å². The van der Waals surface area contributed by atoms with Gasteiger partial charge < -0.3 is 4.74 Å². The minimum absolute atomic E-state index is 0.174. The Morgan fingerprint density at radius 3 is 2.39 bits per heavy atom. The van der Waals surface area contributed by atoms with Crippen LogP contribution in [0.15, 0.2) is 69.6 Å². The summed E-state index contributed by atoms with van der Waals surface area (Å²) in [5.74, 6) is 0.593. The molecule has 0 radical (unpaired) electrons. The number of aryl methyl sites for hydroxylation is 2. The molecule has 0 aliphatic carbocycles. The Bertz CT molecular complexity index is 1060. The first-order valence-corrected chi connectivity index (χ1v) is 11.5. The summed E-state index contributed by atoms with van der Waals surface area (Å²) in [6.45, 7) is 12.0. The van der Waals surface area contributed by atoms with Gasteiger partial charge in [-0.3, -0.25) is 14.3 Å². The topological polar surface area (TPSA) is 71.3 Å². The number of rotatable bonds is 9. The standard InChI is InChI=1S/C24H31N3O3S/c1-18(2)16-27(23-12-7-19(3)15-20(23)4)31(28,29)22-10-8-21(9-11-22)17-30-24(26-6)13-14-25-5/h7-15,18H,5,16-17H2,1-4,6H3/b14-13-,26-24?. The van der Waals surface area contributed by atoms with Gasteiger partial charge in [0.05, 0.1) is 10.6 Å². The number of hydrogen-bond donors (Lipinski definition) is 0. The quantitative estimate of drug-likeness (QED) is 0.410. The highest BCUT2D eigenvalue weighted by atomic mass is 32.2. The molecule has 166 valence electrons. The van der Waals surface area contributed by atoms with Gasteiger partial charge in [-0.1, -0.05) is 43.7 Å². The molecule has 0 N–H and O–H groups in total. The fraction of sp³-hybridized carbons (Fsp3) is 0.333. The zero-order valence-corrected chi connectivity index (χ0v) is 19.7. The maximum Gasteiger partial charge on any atom is 0.264 e.